The molecule has 0 saturated heterocycles. The molecule has 0 bridgehead atoms. The molecule has 0 radical (unpaired) electrons. The van der Waals surface area contributed by atoms with Crippen molar-refractivity contribution in [2.75, 3.05) is 73.7 Å². The van der Waals surface area contributed by atoms with Crippen LogP contribution in [-0.4, -0.2) is 98.8 Å². The van der Waals surface area contributed by atoms with E-state index in [0.717, 1.165) is 37.0 Å². The van der Waals surface area contributed by atoms with Gasteiger partial charge in [0.1, 0.15) is 13.1 Å². The van der Waals surface area contributed by atoms with E-state index in [1.807, 2.05) is 0 Å². The number of hydrogen-bond donors (Lipinski definition) is 2. The molecule has 0 saturated carbocycles. The molecule has 0 aliphatic carbocycles. The molecule has 0 heterocycles. The van der Waals surface area contributed by atoms with E-state index in [4.69, 9.17) is 4.74 Å². The second-order valence-corrected chi connectivity index (χ2v) is 11.3. The van der Waals surface area contributed by atoms with E-state index in [1.165, 1.54) is 0 Å². The smallest absolute Gasteiger partial charge is 0.311 e. The topological polar surface area (TPSA) is 66.8 Å². The summed E-state index contributed by atoms with van der Waals surface area (Å²) in [4.78, 5) is 12.2. The quantitative estimate of drug-likeness (QED) is 0.344. The van der Waals surface area contributed by atoms with Gasteiger partial charge in [-0.1, -0.05) is 34.6 Å². The summed E-state index contributed by atoms with van der Waals surface area (Å²) in [5.41, 5.74) is 0.202. The highest BCUT2D eigenvalue weighted by molar-refractivity contribution is 5.69. The molecule has 0 aromatic heterocycles. The first-order valence-electron chi connectivity index (χ1n) is 10.7. The summed E-state index contributed by atoms with van der Waals surface area (Å²) >= 11 is 0. The largest absolute Gasteiger partial charge is 0.465 e. The van der Waals surface area contributed by atoms with E-state index in [0.29, 0.717) is 30.6 Å². The second kappa shape index (κ2) is 11.5. The lowest BCUT2D eigenvalue weighted by atomic mass is 9.77. The van der Waals surface area contributed by atoms with Gasteiger partial charge in [-0.25, -0.2) is 0 Å². The van der Waals surface area contributed by atoms with Gasteiger partial charge in [0.05, 0.1) is 67.0 Å². The average Bonchev–Trinajstić information content (AvgIpc) is 2.49. The van der Waals surface area contributed by atoms with Crippen LogP contribution in [0, 0.1) is 10.8 Å². The minimum absolute atomic E-state index is 0.0138. The molecule has 0 fully saturated rings. The normalized spacial score (nSPS) is 13.6. The molecule has 0 aliphatic heterocycles. The number of nitrogens with zero attached hydrogens (tertiary/aromatic N) is 2. The summed E-state index contributed by atoms with van der Waals surface area (Å²) in [7, 11) is 6.35. The van der Waals surface area contributed by atoms with Crippen molar-refractivity contribution in [3.63, 3.8) is 0 Å². The summed E-state index contributed by atoms with van der Waals surface area (Å²) in [6.45, 7) is 15.6. The Balaban J connectivity index is 4.32. The monoisotopic (exact) mass is 404 g/mol. The van der Waals surface area contributed by atoms with Gasteiger partial charge in [-0.05, 0) is 17.3 Å². The Bertz CT molecular complexity index is 450. The van der Waals surface area contributed by atoms with Gasteiger partial charge < -0.3 is 23.9 Å². The second-order valence-electron chi connectivity index (χ2n) is 11.3. The van der Waals surface area contributed by atoms with E-state index < -0.39 is 0 Å². The van der Waals surface area contributed by atoms with Gasteiger partial charge in [-0.2, -0.15) is 0 Å². The van der Waals surface area contributed by atoms with Crippen LogP contribution in [-0.2, 0) is 9.53 Å². The highest BCUT2D eigenvalue weighted by Crippen LogP contribution is 2.33. The first-order valence-corrected chi connectivity index (χ1v) is 10.7. The predicted octanol–water partition coefficient (Wildman–Crippen LogP) is 2.28. The third kappa shape index (κ3) is 13.5. The van der Waals surface area contributed by atoms with Crippen LogP contribution in [0.15, 0.2) is 0 Å². The summed E-state index contributed by atoms with van der Waals surface area (Å²) in [5, 5.41) is 18.5. The molecule has 168 valence electrons. The Morgan fingerprint density at radius 2 is 1.39 bits per heavy atom. The van der Waals surface area contributed by atoms with Crippen LogP contribution in [0.2, 0.25) is 0 Å². The summed E-state index contributed by atoms with van der Waals surface area (Å²) in [5.74, 6) is -0.116. The minimum Gasteiger partial charge on any atom is -0.465 e. The van der Waals surface area contributed by atoms with Gasteiger partial charge in [-0.3, -0.25) is 4.79 Å². The highest BCUT2D eigenvalue weighted by Gasteiger charge is 2.28. The molecule has 0 atom stereocenters. The lowest BCUT2D eigenvalue weighted by molar-refractivity contribution is -0.921. The molecule has 0 rings (SSSR count). The number of quaternary nitrogens is 2. The third-order valence-electron chi connectivity index (χ3n) is 5.30. The van der Waals surface area contributed by atoms with Crippen LogP contribution in [0.25, 0.3) is 0 Å². The predicted molar refractivity (Wildman–Crippen MR) is 115 cm³/mol. The summed E-state index contributed by atoms with van der Waals surface area (Å²) in [6.07, 6.45) is 2.42. The average molecular weight is 405 g/mol. The Labute approximate surface area is 173 Å². The van der Waals surface area contributed by atoms with Gasteiger partial charge >= 0.3 is 5.97 Å². The van der Waals surface area contributed by atoms with Gasteiger partial charge in [0.25, 0.3) is 0 Å². The minimum atomic E-state index is -0.116. The summed E-state index contributed by atoms with van der Waals surface area (Å²) < 4.78 is 7.00. The zero-order chi connectivity index (χ0) is 22.1. The molecule has 0 spiro atoms. The molecule has 0 unspecified atom stereocenters. The molecule has 6 heteroatoms. The van der Waals surface area contributed by atoms with Crippen molar-refractivity contribution in [2.45, 2.75) is 53.9 Å². The van der Waals surface area contributed by atoms with Crippen LogP contribution in [0.5, 0.6) is 0 Å². The van der Waals surface area contributed by atoms with Crippen LogP contribution in [0.4, 0.5) is 0 Å². The molecular formula is C22H48N2O4+2. The van der Waals surface area contributed by atoms with Crippen LogP contribution < -0.4 is 0 Å². The fourth-order valence-electron chi connectivity index (χ4n) is 4.04. The van der Waals surface area contributed by atoms with Gasteiger partial charge in [0.2, 0.25) is 0 Å². The maximum Gasteiger partial charge on any atom is 0.311 e. The lowest BCUT2D eigenvalue weighted by Crippen LogP contribution is -2.50. The van der Waals surface area contributed by atoms with Crippen molar-refractivity contribution in [3.05, 3.63) is 0 Å². The van der Waals surface area contributed by atoms with Gasteiger partial charge in [0.15, 0.2) is 0 Å². The molecule has 28 heavy (non-hydrogen) atoms. The number of hydrogen-bond acceptors (Lipinski definition) is 4. The molecule has 6 nitrogen and oxygen atoms in total. The van der Waals surface area contributed by atoms with Crippen LogP contribution >= 0.6 is 0 Å². The standard InChI is InChI=1S/C22H48N2O4/c1-21(2,3)18-22(4,5)19-28-20(27)10-13-23(6,7)11-9-12-24(8,14-16-25)15-17-26/h25-26H,9-19H2,1-8H3/q+2. The maximum atomic E-state index is 12.2. The Morgan fingerprint density at radius 3 is 1.86 bits per heavy atom. The zero-order valence-corrected chi connectivity index (χ0v) is 19.9. The number of esters is 1. The molecule has 0 amide bonds. The molecule has 0 aromatic carbocycles. The SMILES string of the molecule is CC(C)(C)CC(C)(C)COC(=O)CC[N+](C)(C)CCC[N+](C)(CCO)CCO. The zero-order valence-electron chi connectivity index (χ0n) is 19.9. The molecular weight excluding hydrogens is 356 g/mol. The number of aliphatic hydroxyl groups excluding tert-OH is 2. The van der Waals surface area contributed by atoms with E-state index in [1.54, 1.807) is 0 Å². The van der Waals surface area contributed by atoms with Crippen molar-refractivity contribution in [2.24, 2.45) is 10.8 Å². The number of rotatable bonds is 14. The first kappa shape index (κ1) is 27.3. The number of likely N-dealkylation sites (N-methyl/N-ethyl adjacent to an activating group) is 1. The number of carbonyl (C=O) groups is 1. The van der Waals surface area contributed by atoms with Crippen molar-refractivity contribution < 1.29 is 28.7 Å². The van der Waals surface area contributed by atoms with E-state index >= 15 is 0 Å². The number of aliphatic hydroxyl groups is 2. The summed E-state index contributed by atoms with van der Waals surface area (Å²) in [6, 6.07) is 0. The first-order chi connectivity index (χ1) is 12.6. The van der Waals surface area contributed by atoms with E-state index in [2.05, 4.69) is 55.8 Å². The molecule has 0 aliphatic rings. The van der Waals surface area contributed by atoms with Crippen LogP contribution in [0.1, 0.15) is 53.9 Å². The molecule has 2 N–H and O–H groups in total. The third-order valence-corrected chi connectivity index (χ3v) is 5.30. The Morgan fingerprint density at radius 1 is 0.857 bits per heavy atom. The van der Waals surface area contributed by atoms with E-state index in [9.17, 15) is 15.0 Å². The Kier molecular flexibility index (Phi) is 11.2. The van der Waals surface area contributed by atoms with Gasteiger partial charge in [-0.15, -0.1) is 0 Å². The van der Waals surface area contributed by atoms with Crippen LogP contribution in [0.3, 0.4) is 0 Å². The van der Waals surface area contributed by atoms with Crippen molar-refractivity contribution in [3.8, 4) is 0 Å². The van der Waals surface area contributed by atoms with Gasteiger partial charge in [0, 0.05) is 6.42 Å². The Hall–Kier alpha value is -0.690. The van der Waals surface area contributed by atoms with Crippen molar-refractivity contribution >= 4 is 5.97 Å². The highest BCUT2D eigenvalue weighted by atomic mass is 16.5. The maximum absolute atomic E-state index is 12.2. The van der Waals surface area contributed by atoms with Crippen molar-refractivity contribution in [1.82, 2.24) is 0 Å². The van der Waals surface area contributed by atoms with E-state index in [-0.39, 0.29) is 30.0 Å². The number of ether oxygens (including phenoxy) is 1. The fourth-order valence-corrected chi connectivity index (χ4v) is 4.04. The molecule has 0 aromatic rings. The fraction of sp³-hybridized carbons (Fsp3) is 0.955. The number of carbonyl (C=O) groups excluding carboxylic acids is 1. The van der Waals surface area contributed by atoms with Crippen molar-refractivity contribution in [1.29, 1.82) is 0 Å². The lowest BCUT2D eigenvalue weighted by Gasteiger charge is -2.35.